The lowest BCUT2D eigenvalue weighted by Gasteiger charge is -2.05. The molecule has 0 aliphatic carbocycles. The Bertz CT molecular complexity index is 550. The average molecular weight is 257 g/mol. The maximum Gasteiger partial charge on any atom is 0.228 e. The molecule has 0 radical (unpaired) electrons. The maximum absolute atomic E-state index is 11.8. The van der Waals surface area contributed by atoms with Crippen LogP contribution in [0.5, 0.6) is 5.88 Å². The Labute approximate surface area is 111 Å². The fraction of sp³-hybridized carbons (Fsp3) is 0.214. The van der Waals surface area contributed by atoms with Crippen LogP contribution in [0.3, 0.4) is 0 Å². The Balaban J connectivity index is 1.95. The number of amides is 1. The Morgan fingerprint density at radius 1 is 1.21 bits per heavy atom. The molecule has 5 heteroatoms. The number of methoxy groups -OCH3 is 1. The largest absolute Gasteiger partial charge is 0.481 e. The number of anilines is 1. The van der Waals surface area contributed by atoms with Crippen LogP contribution >= 0.6 is 0 Å². The molecule has 1 N–H and O–H groups in total. The van der Waals surface area contributed by atoms with E-state index in [0.29, 0.717) is 18.0 Å². The highest BCUT2D eigenvalue weighted by molar-refractivity contribution is 5.92. The number of rotatable bonds is 4. The van der Waals surface area contributed by atoms with Crippen LogP contribution in [0.2, 0.25) is 0 Å². The first-order valence-electron chi connectivity index (χ1n) is 5.89. The number of aromatic nitrogens is 2. The first-order chi connectivity index (χ1) is 9.17. The van der Waals surface area contributed by atoms with Crippen molar-refractivity contribution in [3.63, 3.8) is 0 Å². The maximum atomic E-state index is 11.8. The van der Waals surface area contributed by atoms with Crippen molar-refractivity contribution in [2.45, 2.75) is 13.3 Å². The molecule has 0 saturated carbocycles. The highest BCUT2D eigenvalue weighted by atomic mass is 16.5. The van der Waals surface area contributed by atoms with Crippen molar-refractivity contribution in [2.24, 2.45) is 0 Å². The highest BCUT2D eigenvalue weighted by Gasteiger charge is 2.05. The van der Waals surface area contributed by atoms with Crippen molar-refractivity contribution >= 4 is 11.6 Å². The number of aryl methyl sites for hydroxylation is 1. The van der Waals surface area contributed by atoms with Crippen LogP contribution in [0.4, 0.5) is 5.69 Å². The molecule has 0 aliphatic rings. The van der Waals surface area contributed by atoms with Crippen molar-refractivity contribution in [3.8, 4) is 5.88 Å². The minimum atomic E-state index is -0.0994. The van der Waals surface area contributed by atoms with E-state index in [1.807, 2.05) is 19.1 Å². The van der Waals surface area contributed by atoms with Crippen LogP contribution in [-0.2, 0) is 11.2 Å². The molecule has 1 amide bonds. The summed E-state index contributed by atoms with van der Waals surface area (Å²) in [4.78, 5) is 20.0. The molecule has 2 heterocycles. The second kappa shape index (κ2) is 5.95. The van der Waals surface area contributed by atoms with Crippen LogP contribution in [0.15, 0.2) is 36.7 Å². The molecule has 0 bridgehead atoms. The lowest BCUT2D eigenvalue weighted by molar-refractivity contribution is -0.115. The summed E-state index contributed by atoms with van der Waals surface area (Å²) < 4.78 is 4.95. The van der Waals surface area contributed by atoms with E-state index >= 15 is 0 Å². The lowest BCUT2D eigenvalue weighted by atomic mass is 10.2. The van der Waals surface area contributed by atoms with E-state index in [0.717, 1.165) is 11.3 Å². The smallest absolute Gasteiger partial charge is 0.228 e. The fourth-order valence-corrected chi connectivity index (χ4v) is 1.57. The second-order valence-corrected chi connectivity index (χ2v) is 4.12. The molecule has 2 rings (SSSR count). The van der Waals surface area contributed by atoms with Gasteiger partial charge in [-0.2, -0.15) is 0 Å². The van der Waals surface area contributed by atoms with Crippen molar-refractivity contribution in [3.05, 3.63) is 47.9 Å². The van der Waals surface area contributed by atoms with Gasteiger partial charge in [0.25, 0.3) is 0 Å². The molecule has 0 fully saturated rings. The van der Waals surface area contributed by atoms with Gasteiger partial charge >= 0.3 is 0 Å². The van der Waals surface area contributed by atoms with Gasteiger partial charge in [-0.05, 0) is 24.6 Å². The summed E-state index contributed by atoms with van der Waals surface area (Å²) in [5.41, 5.74) is 2.46. The van der Waals surface area contributed by atoms with Crippen molar-refractivity contribution < 1.29 is 9.53 Å². The second-order valence-electron chi connectivity index (χ2n) is 4.12. The van der Waals surface area contributed by atoms with Gasteiger partial charge in [0.15, 0.2) is 0 Å². The molecule has 0 aromatic carbocycles. The number of ether oxygens (including phenoxy) is 1. The first-order valence-corrected chi connectivity index (χ1v) is 5.89. The summed E-state index contributed by atoms with van der Waals surface area (Å²) in [6.45, 7) is 1.91. The number of nitrogens with zero attached hydrogens (tertiary/aromatic N) is 2. The zero-order valence-electron chi connectivity index (χ0n) is 10.9. The minimum absolute atomic E-state index is 0.0994. The predicted octanol–water partition coefficient (Wildman–Crippen LogP) is 1.97. The summed E-state index contributed by atoms with van der Waals surface area (Å²) in [6.07, 6.45) is 3.56. The van der Waals surface area contributed by atoms with Crippen LogP contribution in [0.1, 0.15) is 11.3 Å². The fourth-order valence-electron chi connectivity index (χ4n) is 1.57. The van der Waals surface area contributed by atoms with E-state index in [1.54, 1.807) is 31.6 Å². The average Bonchev–Trinajstić information content (AvgIpc) is 2.42. The molecule has 98 valence electrons. The predicted molar refractivity (Wildman–Crippen MR) is 72.1 cm³/mol. The van der Waals surface area contributed by atoms with Gasteiger partial charge < -0.3 is 10.1 Å². The van der Waals surface area contributed by atoms with Crippen molar-refractivity contribution in [1.82, 2.24) is 9.97 Å². The summed E-state index contributed by atoms with van der Waals surface area (Å²) in [5, 5.41) is 2.77. The molecule has 19 heavy (non-hydrogen) atoms. The Kier molecular flexibility index (Phi) is 4.07. The molecule has 0 saturated heterocycles. The Morgan fingerprint density at radius 2 is 2.05 bits per heavy atom. The standard InChI is InChI=1S/C14H15N3O2/c1-10-3-4-11(8-15-10)7-13(18)17-12-5-6-14(19-2)16-9-12/h3-6,8-9H,7H2,1-2H3,(H,17,18). The molecule has 5 nitrogen and oxygen atoms in total. The summed E-state index contributed by atoms with van der Waals surface area (Å²) in [7, 11) is 1.55. The molecular formula is C14H15N3O2. The van der Waals surface area contributed by atoms with Gasteiger partial charge in [-0.15, -0.1) is 0 Å². The summed E-state index contributed by atoms with van der Waals surface area (Å²) in [6, 6.07) is 7.23. The van der Waals surface area contributed by atoms with Crippen LogP contribution < -0.4 is 10.1 Å². The molecule has 0 atom stereocenters. The van der Waals surface area contributed by atoms with Gasteiger partial charge in [-0.1, -0.05) is 6.07 Å². The zero-order chi connectivity index (χ0) is 13.7. The van der Waals surface area contributed by atoms with Crippen molar-refractivity contribution in [1.29, 1.82) is 0 Å². The number of nitrogens with one attached hydrogen (secondary N) is 1. The zero-order valence-corrected chi connectivity index (χ0v) is 10.9. The molecule has 2 aromatic heterocycles. The number of carbonyl (C=O) groups is 1. The van der Waals surface area contributed by atoms with Gasteiger partial charge in [0.2, 0.25) is 11.8 Å². The van der Waals surface area contributed by atoms with Gasteiger partial charge in [0.05, 0.1) is 25.4 Å². The minimum Gasteiger partial charge on any atom is -0.481 e. The van der Waals surface area contributed by atoms with Gasteiger partial charge in [-0.3, -0.25) is 9.78 Å². The number of hydrogen-bond acceptors (Lipinski definition) is 4. The number of carbonyl (C=O) groups excluding carboxylic acids is 1. The molecule has 2 aromatic rings. The van der Waals surface area contributed by atoms with E-state index in [1.165, 1.54) is 0 Å². The van der Waals surface area contributed by atoms with E-state index in [2.05, 4.69) is 15.3 Å². The van der Waals surface area contributed by atoms with Gasteiger partial charge in [0, 0.05) is 18.0 Å². The molecule has 0 unspecified atom stereocenters. The third-order valence-corrected chi connectivity index (χ3v) is 2.57. The monoisotopic (exact) mass is 257 g/mol. The summed E-state index contributed by atoms with van der Waals surface area (Å²) >= 11 is 0. The van der Waals surface area contributed by atoms with Crippen LogP contribution in [0, 0.1) is 6.92 Å². The van der Waals surface area contributed by atoms with Gasteiger partial charge in [-0.25, -0.2) is 4.98 Å². The normalized spacial score (nSPS) is 10.0. The van der Waals surface area contributed by atoms with Crippen molar-refractivity contribution in [2.75, 3.05) is 12.4 Å². The van der Waals surface area contributed by atoms with E-state index in [9.17, 15) is 4.79 Å². The Morgan fingerprint density at radius 3 is 2.63 bits per heavy atom. The van der Waals surface area contributed by atoms with E-state index in [4.69, 9.17) is 4.74 Å². The third-order valence-electron chi connectivity index (χ3n) is 2.57. The van der Waals surface area contributed by atoms with E-state index < -0.39 is 0 Å². The SMILES string of the molecule is COc1ccc(NC(=O)Cc2ccc(C)nc2)cn1. The number of hydrogen-bond donors (Lipinski definition) is 1. The van der Waals surface area contributed by atoms with Crippen LogP contribution in [0.25, 0.3) is 0 Å². The summed E-state index contributed by atoms with van der Waals surface area (Å²) in [5.74, 6) is 0.415. The van der Waals surface area contributed by atoms with E-state index in [-0.39, 0.29) is 5.91 Å². The van der Waals surface area contributed by atoms with Gasteiger partial charge in [0.1, 0.15) is 0 Å². The number of pyridine rings is 2. The quantitative estimate of drug-likeness (QED) is 0.909. The van der Waals surface area contributed by atoms with Crippen LogP contribution in [-0.4, -0.2) is 23.0 Å². The third kappa shape index (κ3) is 3.77. The first kappa shape index (κ1) is 13.0. The molecule has 0 aliphatic heterocycles. The topological polar surface area (TPSA) is 64.1 Å². The lowest BCUT2D eigenvalue weighted by Crippen LogP contribution is -2.14. The molecule has 0 spiro atoms. The highest BCUT2D eigenvalue weighted by Crippen LogP contribution is 2.11. The Hall–Kier alpha value is -2.43. The molecular weight excluding hydrogens is 242 g/mol.